The SMILES string of the molecule is COC(CC(=O)O)Cn1nnnc1-c1cnc(C)cn1. The lowest BCUT2D eigenvalue weighted by atomic mass is 10.2. The van der Waals surface area contributed by atoms with Crippen LogP contribution in [0.3, 0.4) is 0 Å². The summed E-state index contributed by atoms with van der Waals surface area (Å²) in [5.74, 6) is -0.522. The Morgan fingerprint density at radius 1 is 1.45 bits per heavy atom. The first-order valence-corrected chi connectivity index (χ1v) is 5.90. The Labute approximate surface area is 114 Å². The van der Waals surface area contributed by atoms with Gasteiger partial charge in [-0.3, -0.25) is 9.78 Å². The van der Waals surface area contributed by atoms with Crippen LogP contribution in [-0.2, 0) is 16.1 Å². The van der Waals surface area contributed by atoms with E-state index in [9.17, 15) is 4.79 Å². The molecule has 0 saturated carbocycles. The fourth-order valence-electron chi connectivity index (χ4n) is 1.63. The van der Waals surface area contributed by atoms with E-state index < -0.39 is 12.1 Å². The van der Waals surface area contributed by atoms with E-state index in [1.54, 1.807) is 12.4 Å². The average Bonchev–Trinajstić information content (AvgIpc) is 2.86. The Balaban J connectivity index is 2.19. The lowest BCUT2D eigenvalue weighted by molar-refractivity contribution is -0.139. The molecule has 2 aromatic rings. The smallest absolute Gasteiger partial charge is 0.306 e. The number of nitrogens with zero attached hydrogens (tertiary/aromatic N) is 6. The molecule has 0 bridgehead atoms. The van der Waals surface area contributed by atoms with Crippen LogP contribution >= 0.6 is 0 Å². The maximum absolute atomic E-state index is 10.7. The molecule has 0 amide bonds. The maximum Gasteiger partial charge on any atom is 0.306 e. The van der Waals surface area contributed by atoms with Gasteiger partial charge in [-0.15, -0.1) is 5.10 Å². The zero-order valence-electron chi connectivity index (χ0n) is 11.1. The van der Waals surface area contributed by atoms with Crippen LogP contribution in [0.2, 0.25) is 0 Å². The Morgan fingerprint density at radius 2 is 2.25 bits per heavy atom. The number of hydrogen-bond acceptors (Lipinski definition) is 7. The molecular weight excluding hydrogens is 264 g/mol. The molecule has 106 valence electrons. The number of carbonyl (C=O) groups is 1. The van der Waals surface area contributed by atoms with Crippen LogP contribution in [-0.4, -0.2) is 54.5 Å². The van der Waals surface area contributed by atoms with Gasteiger partial charge in [-0.05, 0) is 17.4 Å². The van der Waals surface area contributed by atoms with Crippen molar-refractivity contribution in [1.82, 2.24) is 30.2 Å². The molecule has 0 radical (unpaired) electrons. The Bertz CT molecular complexity index is 582. The third-order valence-corrected chi connectivity index (χ3v) is 2.65. The van der Waals surface area contributed by atoms with Crippen LogP contribution < -0.4 is 0 Å². The van der Waals surface area contributed by atoms with E-state index in [0.717, 1.165) is 5.69 Å². The van der Waals surface area contributed by atoms with Gasteiger partial charge < -0.3 is 9.84 Å². The van der Waals surface area contributed by atoms with Crippen LogP contribution in [0.4, 0.5) is 0 Å². The van der Waals surface area contributed by atoms with Crippen molar-refractivity contribution < 1.29 is 14.6 Å². The first kappa shape index (κ1) is 14.0. The van der Waals surface area contributed by atoms with Crippen LogP contribution in [0.5, 0.6) is 0 Å². The number of aliphatic carboxylic acids is 1. The van der Waals surface area contributed by atoms with Crippen molar-refractivity contribution in [1.29, 1.82) is 0 Å². The fourth-order valence-corrected chi connectivity index (χ4v) is 1.63. The summed E-state index contributed by atoms with van der Waals surface area (Å²) >= 11 is 0. The highest BCUT2D eigenvalue weighted by molar-refractivity contribution is 5.67. The van der Waals surface area contributed by atoms with Crippen LogP contribution in [0.15, 0.2) is 12.4 Å². The van der Waals surface area contributed by atoms with E-state index in [2.05, 4.69) is 25.5 Å². The van der Waals surface area contributed by atoms with Crippen molar-refractivity contribution >= 4 is 5.97 Å². The minimum Gasteiger partial charge on any atom is -0.481 e. The van der Waals surface area contributed by atoms with E-state index in [1.807, 2.05) is 6.92 Å². The molecule has 0 spiro atoms. The molecule has 0 aliphatic heterocycles. The molecule has 2 aromatic heterocycles. The molecule has 1 atom stereocenters. The second-order valence-electron chi connectivity index (χ2n) is 4.18. The van der Waals surface area contributed by atoms with Crippen molar-refractivity contribution in [2.24, 2.45) is 0 Å². The summed E-state index contributed by atoms with van der Waals surface area (Å²) in [6, 6.07) is 0. The first-order valence-electron chi connectivity index (χ1n) is 5.90. The van der Waals surface area contributed by atoms with E-state index in [4.69, 9.17) is 9.84 Å². The zero-order chi connectivity index (χ0) is 14.5. The van der Waals surface area contributed by atoms with E-state index in [1.165, 1.54) is 11.8 Å². The summed E-state index contributed by atoms with van der Waals surface area (Å²) < 4.78 is 6.57. The molecule has 9 nitrogen and oxygen atoms in total. The summed E-state index contributed by atoms with van der Waals surface area (Å²) in [5.41, 5.74) is 1.30. The highest BCUT2D eigenvalue weighted by Gasteiger charge is 2.18. The predicted molar refractivity (Wildman–Crippen MR) is 66.6 cm³/mol. The molecular formula is C11H14N6O3. The number of methoxy groups -OCH3 is 1. The third kappa shape index (κ3) is 3.32. The van der Waals surface area contributed by atoms with E-state index in [-0.39, 0.29) is 13.0 Å². The minimum atomic E-state index is -0.943. The summed E-state index contributed by atoms with van der Waals surface area (Å²) in [5, 5.41) is 20.1. The lowest BCUT2D eigenvalue weighted by Gasteiger charge is -2.13. The van der Waals surface area contributed by atoms with Gasteiger partial charge in [-0.2, -0.15) is 0 Å². The van der Waals surface area contributed by atoms with Gasteiger partial charge in [0, 0.05) is 13.3 Å². The highest BCUT2D eigenvalue weighted by Crippen LogP contribution is 2.13. The van der Waals surface area contributed by atoms with Crippen molar-refractivity contribution in [3.63, 3.8) is 0 Å². The second kappa shape index (κ2) is 6.15. The molecule has 9 heteroatoms. The molecule has 0 aromatic carbocycles. The molecule has 0 aliphatic rings. The first-order chi connectivity index (χ1) is 9.60. The van der Waals surface area contributed by atoms with Crippen molar-refractivity contribution in [3.8, 4) is 11.5 Å². The van der Waals surface area contributed by atoms with Crippen LogP contribution in [0, 0.1) is 6.92 Å². The van der Waals surface area contributed by atoms with Gasteiger partial charge in [0.25, 0.3) is 0 Å². The predicted octanol–water partition coefficient (Wildman–Crippen LogP) is -0.0718. The van der Waals surface area contributed by atoms with Gasteiger partial charge in [0.1, 0.15) is 5.69 Å². The Morgan fingerprint density at radius 3 is 2.85 bits per heavy atom. The zero-order valence-corrected chi connectivity index (χ0v) is 11.1. The van der Waals surface area contributed by atoms with E-state index in [0.29, 0.717) is 11.5 Å². The Hall–Kier alpha value is -2.42. The van der Waals surface area contributed by atoms with Gasteiger partial charge in [-0.25, -0.2) is 9.67 Å². The number of carboxylic acids is 1. The van der Waals surface area contributed by atoms with Crippen LogP contribution in [0.1, 0.15) is 12.1 Å². The third-order valence-electron chi connectivity index (χ3n) is 2.65. The number of carboxylic acid groups (broad SMARTS) is 1. The molecule has 20 heavy (non-hydrogen) atoms. The fraction of sp³-hybridized carbons (Fsp3) is 0.455. The van der Waals surface area contributed by atoms with E-state index >= 15 is 0 Å². The van der Waals surface area contributed by atoms with Crippen molar-refractivity contribution in [2.75, 3.05) is 7.11 Å². The van der Waals surface area contributed by atoms with Gasteiger partial charge in [0.15, 0.2) is 0 Å². The van der Waals surface area contributed by atoms with Crippen LogP contribution in [0.25, 0.3) is 11.5 Å². The maximum atomic E-state index is 10.7. The highest BCUT2D eigenvalue weighted by atomic mass is 16.5. The number of rotatable bonds is 6. The minimum absolute atomic E-state index is 0.130. The standard InChI is InChI=1S/C11H14N6O3/c1-7-4-13-9(5-12-7)11-14-15-16-17(11)6-8(20-2)3-10(18)19/h4-5,8H,3,6H2,1-2H3,(H,18,19). The van der Waals surface area contributed by atoms with Gasteiger partial charge in [-0.1, -0.05) is 0 Å². The topological polar surface area (TPSA) is 116 Å². The average molecular weight is 278 g/mol. The lowest BCUT2D eigenvalue weighted by Crippen LogP contribution is -2.23. The molecule has 1 unspecified atom stereocenters. The summed E-state index contributed by atoms with van der Waals surface area (Å²) in [4.78, 5) is 19.0. The number of tetrazole rings is 1. The number of ether oxygens (including phenoxy) is 1. The number of aryl methyl sites for hydroxylation is 1. The Kier molecular flexibility index (Phi) is 4.31. The molecule has 2 heterocycles. The van der Waals surface area contributed by atoms with Crippen molar-refractivity contribution in [2.45, 2.75) is 26.0 Å². The normalized spacial score (nSPS) is 12.3. The van der Waals surface area contributed by atoms with Gasteiger partial charge in [0.05, 0.1) is 31.0 Å². The summed E-state index contributed by atoms with van der Waals surface area (Å²) in [7, 11) is 1.45. The molecule has 0 fully saturated rings. The summed E-state index contributed by atoms with van der Waals surface area (Å²) in [6.07, 6.45) is 2.53. The molecule has 2 rings (SSSR count). The second-order valence-corrected chi connectivity index (χ2v) is 4.18. The van der Waals surface area contributed by atoms with Gasteiger partial charge in [0.2, 0.25) is 5.82 Å². The summed E-state index contributed by atoms with van der Waals surface area (Å²) in [6.45, 7) is 2.05. The number of hydrogen-bond donors (Lipinski definition) is 1. The number of aromatic nitrogens is 6. The monoisotopic (exact) mass is 278 g/mol. The molecule has 0 saturated heterocycles. The van der Waals surface area contributed by atoms with Gasteiger partial charge >= 0.3 is 5.97 Å². The molecule has 1 N–H and O–H groups in total. The largest absolute Gasteiger partial charge is 0.481 e. The molecule has 0 aliphatic carbocycles. The van der Waals surface area contributed by atoms with Crippen molar-refractivity contribution in [3.05, 3.63) is 18.1 Å². The quantitative estimate of drug-likeness (QED) is 0.780.